The molecule has 252 valence electrons. The number of carbonyl (C=O) groups is 1. The Morgan fingerprint density at radius 2 is 1.65 bits per heavy atom. The van der Waals surface area contributed by atoms with Crippen LogP contribution in [-0.4, -0.2) is 39.2 Å². The third-order valence-electron chi connectivity index (χ3n) is 8.26. The summed E-state index contributed by atoms with van der Waals surface area (Å²) in [4.78, 5) is 13.0. The van der Waals surface area contributed by atoms with E-state index in [0.717, 1.165) is 33.4 Å². The van der Waals surface area contributed by atoms with Crippen molar-refractivity contribution >= 4 is 21.7 Å². The zero-order valence-electron chi connectivity index (χ0n) is 27.3. The van der Waals surface area contributed by atoms with Crippen LogP contribution in [0.1, 0.15) is 44.3 Å². The molecule has 0 spiro atoms. The molecule has 0 amide bonds. The Bertz CT molecular complexity index is 2030. The standard InChI is InChI=1S/C39H38N2O7S/c1-26-19-31(20-27(2)38(26)39(43)48-24-28-7-4-3-5-8-28)30-11-13-32(14-12-30)46-18-17-40-23-37(42)35-16-15-33-22-36(35)41-49(44,45)34-10-6-9-29(21-34)25-47-33/h3-16,19-22,37,40-42H,17-18,23-25H2,1-2H3. The lowest BCUT2D eigenvalue weighted by Gasteiger charge is -2.20. The highest BCUT2D eigenvalue weighted by Gasteiger charge is 2.22. The normalized spacial score (nSPS) is 13.8. The van der Waals surface area contributed by atoms with Crippen LogP contribution in [0.2, 0.25) is 0 Å². The number of ether oxygens (including phenoxy) is 3. The predicted octanol–water partition coefficient (Wildman–Crippen LogP) is 6.72. The number of rotatable bonds is 11. The van der Waals surface area contributed by atoms with E-state index in [2.05, 4.69) is 10.0 Å². The van der Waals surface area contributed by atoms with E-state index in [1.165, 1.54) is 6.07 Å². The van der Waals surface area contributed by atoms with E-state index < -0.39 is 16.1 Å². The third-order valence-corrected chi connectivity index (χ3v) is 9.63. The van der Waals surface area contributed by atoms with Crippen molar-refractivity contribution < 1.29 is 32.5 Å². The van der Waals surface area contributed by atoms with Gasteiger partial charge >= 0.3 is 5.97 Å². The largest absolute Gasteiger partial charge is 0.492 e. The number of esters is 1. The van der Waals surface area contributed by atoms with Gasteiger partial charge in [0.2, 0.25) is 0 Å². The molecule has 0 aliphatic carbocycles. The van der Waals surface area contributed by atoms with Crippen LogP contribution < -0.4 is 19.5 Å². The molecule has 49 heavy (non-hydrogen) atoms. The second-order valence-corrected chi connectivity index (χ2v) is 13.6. The fraction of sp³-hybridized carbons (Fsp3) is 0.205. The van der Waals surface area contributed by atoms with Crippen LogP contribution >= 0.6 is 0 Å². The minimum atomic E-state index is -3.85. The summed E-state index contributed by atoms with van der Waals surface area (Å²) in [5.74, 6) is 0.850. The van der Waals surface area contributed by atoms with Gasteiger partial charge in [-0.3, -0.25) is 4.72 Å². The van der Waals surface area contributed by atoms with Gasteiger partial charge in [0.05, 0.1) is 22.3 Å². The van der Waals surface area contributed by atoms with Gasteiger partial charge in [-0.15, -0.1) is 0 Å². The lowest BCUT2D eigenvalue weighted by molar-refractivity contribution is 0.0471. The minimum Gasteiger partial charge on any atom is -0.492 e. The Morgan fingerprint density at radius 1 is 0.898 bits per heavy atom. The molecule has 0 aromatic heterocycles. The molecule has 5 aromatic rings. The number of fused-ring (bicyclic) bond motifs is 4. The van der Waals surface area contributed by atoms with Crippen molar-refractivity contribution in [2.45, 2.75) is 38.1 Å². The SMILES string of the molecule is Cc1cc(-c2ccc(OCCNCC(O)c3ccc4cc3NS(=O)(=O)c3cccc(c3)CO4)cc2)cc(C)c1C(=O)OCc1ccccc1. The molecular weight excluding hydrogens is 641 g/mol. The second kappa shape index (κ2) is 14.9. The number of hydrogen-bond donors (Lipinski definition) is 3. The molecule has 4 bridgehead atoms. The van der Waals surface area contributed by atoms with Crippen LogP contribution in [0.4, 0.5) is 5.69 Å². The van der Waals surface area contributed by atoms with Gasteiger partial charge in [-0.25, -0.2) is 13.2 Å². The maximum atomic E-state index is 13.0. The summed E-state index contributed by atoms with van der Waals surface area (Å²) in [5, 5.41) is 14.1. The molecule has 1 aliphatic heterocycles. The summed E-state index contributed by atoms with van der Waals surface area (Å²) in [6.07, 6.45) is -0.982. The van der Waals surface area contributed by atoms with Crippen molar-refractivity contribution in [2.24, 2.45) is 0 Å². The lowest BCUT2D eigenvalue weighted by Crippen LogP contribution is -2.27. The molecule has 0 radical (unpaired) electrons. The number of benzene rings is 5. The van der Waals surface area contributed by atoms with Crippen molar-refractivity contribution in [3.8, 4) is 22.6 Å². The first-order valence-electron chi connectivity index (χ1n) is 16.0. The summed E-state index contributed by atoms with van der Waals surface area (Å²) < 4.78 is 46.0. The van der Waals surface area contributed by atoms with Crippen LogP contribution in [0.25, 0.3) is 11.1 Å². The summed E-state index contributed by atoms with van der Waals surface area (Å²) in [6, 6.07) is 32.9. The number of aliphatic hydroxyl groups is 1. The van der Waals surface area contributed by atoms with E-state index >= 15 is 0 Å². The van der Waals surface area contributed by atoms with E-state index in [-0.39, 0.29) is 36.3 Å². The highest BCUT2D eigenvalue weighted by Crippen LogP contribution is 2.32. The highest BCUT2D eigenvalue weighted by molar-refractivity contribution is 7.92. The maximum Gasteiger partial charge on any atom is 0.339 e. The predicted molar refractivity (Wildman–Crippen MR) is 188 cm³/mol. The van der Waals surface area contributed by atoms with Crippen molar-refractivity contribution in [1.29, 1.82) is 0 Å². The van der Waals surface area contributed by atoms with Crippen LogP contribution in [0.15, 0.2) is 114 Å². The molecule has 1 atom stereocenters. The number of hydrogen-bond acceptors (Lipinski definition) is 8. The Balaban J connectivity index is 1.00. The molecular formula is C39H38N2O7S. The fourth-order valence-electron chi connectivity index (χ4n) is 5.76. The van der Waals surface area contributed by atoms with Gasteiger partial charge in [0.15, 0.2) is 0 Å². The number of anilines is 1. The van der Waals surface area contributed by atoms with Crippen molar-refractivity contribution in [3.63, 3.8) is 0 Å². The van der Waals surface area contributed by atoms with Gasteiger partial charge < -0.3 is 24.6 Å². The van der Waals surface area contributed by atoms with Gasteiger partial charge in [-0.1, -0.05) is 72.8 Å². The first-order chi connectivity index (χ1) is 23.7. The summed E-state index contributed by atoms with van der Waals surface area (Å²) in [6.45, 7) is 5.27. The van der Waals surface area contributed by atoms with Gasteiger partial charge in [-0.2, -0.15) is 0 Å². The van der Waals surface area contributed by atoms with E-state index in [0.29, 0.717) is 35.8 Å². The molecule has 10 heteroatoms. The number of aryl methyl sites for hydroxylation is 2. The zero-order valence-corrected chi connectivity index (χ0v) is 28.1. The molecule has 0 saturated heterocycles. The molecule has 9 nitrogen and oxygen atoms in total. The number of nitrogens with one attached hydrogen (secondary N) is 2. The first-order valence-corrected chi connectivity index (χ1v) is 17.5. The monoisotopic (exact) mass is 678 g/mol. The molecule has 1 aliphatic rings. The van der Waals surface area contributed by atoms with Crippen LogP contribution in [-0.2, 0) is 28.0 Å². The van der Waals surface area contributed by atoms with Gasteiger partial charge in [0.1, 0.15) is 31.3 Å². The van der Waals surface area contributed by atoms with Gasteiger partial charge in [-0.05, 0) is 77.6 Å². The van der Waals surface area contributed by atoms with Crippen LogP contribution in [0, 0.1) is 13.8 Å². The van der Waals surface area contributed by atoms with Crippen LogP contribution in [0.3, 0.4) is 0 Å². The number of sulfonamides is 1. The van der Waals surface area contributed by atoms with Gasteiger partial charge in [0, 0.05) is 24.7 Å². The Labute approximate surface area is 286 Å². The summed E-state index contributed by atoms with van der Waals surface area (Å²) >= 11 is 0. The second-order valence-electron chi connectivity index (χ2n) is 11.9. The molecule has 6 rings (SSSR count). The van der Waals surface area contributed by atoms with E-state index in [9.17, 15) is 18.3 Å². The lowest BCUT2D eigenvalue weighted by atomic mass is 9.95. The van der Waals surface area contributed by atoms with Crippen molar-refractivity contribution in [3.05, 3.63) is 143 Å². The van der Waals surface area contributed by atoms with Crippen molar-refractivity contribution in [1.82, 2.24) is 5.32 Å². The average molecular weight is 679 g/mol. The smallest absolute Gasteiger partial charge is 0.339 e. The summed E-state index contributed by atoms with van der Waals surface area (Å²) in [7, 11) is -3.85. The Kier molecular flexibility index (Phi) is 10.3. The highest BCUT2D eigenvalue weighted by atomic mass is 32.2. The van der Waals surface area contributed by atoms with E-state index in [4.69, 9.17) is 14.2 Å². The number of aliphatic hydroxyl groups excluding tert-OH is 1. The Morgan fingerprint density at radius 3 is 2.41 bits per heavy atom. The van der Waals surface area contributed by atoms with E-state index in [1.807, 2.05) is 86.6 Å². The summed E-state index contributed by atoms with van der Waals surface area (Å²) in [5.41, 5.74) is 6.63. The van der Waals surface area contributed by atoms with Crippen LogP contribution in [0.5, 0.6) is 11.5 Å². The Hall–Kier alpha value is -5.16. The minimum absolute atomic E-state index is 0.129. The molecule has 1 unspecified atom stereocenters. The van der Waals surface area contributed by atoms with E-state index in [1.54, 1.807) is 30.3 Å². The van der Waals surface area contributed by atoms with Gasteiger partial charge in [0.25, 0.3) is 10.0 Å². The average Bonchev–Trinajstić information content (AvgIpc) is 3.09. The quantitative estimate of drug-likeness (QED) is 0.104. The molecule has 5 aromatic carbocycles. The maximum absolute atomic E-state index is 13.0. The topological polar surface area (TPSA) is 123 Å². The molecule has 0 saturated carbocycles. The molecule has 3 N–H and O–H groups in total. The number of carbonyl (C=O) groups excluding carboxylic acids is 1. The molecule has 1 heterocycles. The third kappa shape index (κ3) is 8.29. The first kappa shape index (κ1) is 33.7. The van der Waals surface area contributed by atoms with Crippen molar-refractivity contribution in [2.75, 3.05) is 24.4 Å². The fourth-order valence-corrected chi connectivity index (χ4v) is 6.91. The zero-order chi connectivity index (χ0) is 34.4. The molecule has 0 fully saturated rings.